The number of nitrogens with one attached hydrogen (secondary N) is 1. The monoisotopic (exact) mass is 308 g/mol. The maximum atomic E-state index is 11.3. The quantitative estimate of drug-likeness (QED) is 0.875. The molecule has 0 aliphatic carbocycles. The van der Waals surface area contributed by atoms with Crippen LogP contribution in [0.3, 0.4) is 0 Å². The predicted octanol–water partition coefficient (Wildman–Crippen LogP) is 2.35. The summed E-state index contributed by atoms with van der Waals surface area (Å²) < 4.78 is 11.3. The molecular weight excluding hydrogens is 280 g/mol. The van der Waals surface area contributed by atoms with Crippen LogP contribution >= 0.6 is 0 Å². The first-order valence-corrected chi connectivity index (χ1v) is 9.62. The molecule has 1 fully saturated rings. The Morgan fingerprint density at radius 2 is 2.10 bits per heavy atom. The Labute approximate surface area is 131 Å². The maximum Gasteiger partial charge on any atom is 0.0535 e. The molecular formula is C17H28N2OS. The van der Waals surface area contributed by atoms with Crippen LogP contribution in [0.2, 0.25) is 0 Å². The highest BCUT2D eigenvalue weighted by Crippen LogP contribution is 2.27. The van der Waals surface area contributed by atoms with Gasteiger partial charge in [-0.2, -0.15) is 0 Å². The standard InChI is InChI=1S/C17H28N2OS/c1-4-16-13-18-17(2,15-9-6-5-7-10-15)14-19(16)11-8-12-21(3)20/h5-7,9-10,16,18H,4,8,11-14H2,1-3H3. The number of piperazine rings is 1. The Bertz CT molecular complexity index is 465. The van der Waals surface area contributed by atoms with Crippen LogP contribution in [0.15, 0.2) is 30.3 Å². The van der Waals surface area contributed by atoms with E-state index in [-0.39, 0.29) is 5.54 Å². The molecule has 1 aliphatic heterocycles. The van der Waals surface area contributed by atoms with Gasteiger partial charge in [0.1, 0.15) is 0 Å². The van der Waals surface area contributed by atoms with Crippen molar-refractivity contribution in [3.63, 3.8) is 0 Å². The smallest absolute Gasteiger partial charge is 0.0535 e. The third kappa shape index (κ3) is 4.38. The van der Waals surface area contributed by atoms with Crippen molar-refractivity contribution >= 4 is 10.8 Å². The van der Waals surface area contributed by atoms with E-state index in [0.717, 1.165) is 38.2 Å². The van der Waals surface area contributed by atoms with Crippen molar-refractivity contribution in [2.45, 2.75) is 38.3 Å². The second kappa shape index (κ2) is 7.52. The van der Waals surface area contributed by atoms with Crippen molar-refractivity contribution in [2.24, 2.45) is 0 Å². The van der Waals surface area contributed by atoms with E-state index in [4.69, 9.17) is 0 Å². The van der Waals surface area contributed by atoms with Crippen LogP contribution < -0.4 is 5.32 Å². The molecule has 1 N–H and O–H groups in total. The molecule has 1 saturated heterocycles. The number of hydrogen-bond donors (Lipinski definition) is 1. The molecule has 1 aromatic rings. The van der Waals surface area contributed by atoms with Crippen LogP contribution in [0.4, 0.5) is 0 Å². The Kier molecular flexibility index (Phi) is 5.97. The van der Waals surface area contributed by atoms with Gasteiger partial charge in [0.05, 0.1) is 5.54 Å². The third-order valence-corrected chi connectivity index (χ3v) is 5.39. The molecule has 2 rings (SSSR count). The lowest BCUT2D eigenvalue weighted by atomic mass is 9.87. The molecule has 0 saturated carbocycles. The molecule has 0 bridgehead atoms. The van der Waals surface area contributed by atoms with Gasteiger partial charge in [-0.3, -0.25) is 9.11 Å². The molecule has 1 aromatic carbocycles. The van der Waals surface area contributed by atoms with Crippen molar-refractivity contribution in [1.29, 1.82) is 0 Å². The minimum atomic E-state index is -0.681. The summed E-state index contributed by atoms with van der Waals surface area (Å²) in [5, 5.41) is 3.74. The molecule has 3 nitrogen and oxygen atoms in total. The van der Waals surface area contributed by atoms with Gasteiger partial charge in [0.15, 0.2) is 0 Å². The van der Waals surface area contributed by atoms with Gasteiger partial charge in [-0.15, -0.1) is 0 Å². The van der Waals surface area contributed by atoms with Gasteiger partial charge >= 0.3 is 0 Å². The van der Waals surface area contributed by atoms with Crippen LogP contribution in [-0.4, -0.2) is 46.8 Å². The molecule has 0 amide bonds. The summed E-state index contributed by atoms with van der Waals surface area (Å²) in [6, 6.07) is 11.3. The molecule has 1 heterocycles. The summed E-state index contributed by atoms with van der Waals surface area (Å²) in [5.74, 6) is 0.808. The Morgan fingerprint density at radius 3 is 2.71 bits per heavy atom. The lowest BCUT2D eigenvalue weighted by molar-refractivity contribution is 0.0836. The van der Waals surface area contributed by atoms with Crippen molar-refractivity contribution in [1.82, 2.24) is 10.2 Å². The summed E-state index contributed by atoms with van der Waals surface area (Å²) in [5.41, 5.74) is 1.36. The zero-order valence-corrected chi connectivity index (χ0v) is 14.3. The highest BCUT2D eigenvalue weighted by atomic mass is 32.2. The first-order chi connectivity index (χ1) is 10.0. The maximum absolute atomic E-state index is 11.3. The number of nitrogens with zero attached hydrogens (tertiary/aromatic N) is 1. The molecule has 0 radical (unpaired) electrons. The normalized spacial score (nSPS) is 28.4. The number of benzene rings is 1. The van der Waals surface area contributed by atoms with Crippen molar-refractivity contribution in [3.05, 3.63) is 35.9 Å². The fourth-order valence-corrected chi connectivity index (χ4v) is 3.73. The third-order valence-electron chi connectivity index (χ3n) is 4.52. The van der Waals surface area contributed by atoms with E-state index < -0.39 is 10.8 Å². The zero-order chi connectivity index (χ0) is 15.3. The Morgan fingerprint density at radius 1 is 1.38 bits per heavy atom. The summed E-state index contributed by atoms with van der Waals surface area (Å²) in [7, 11) is -0.681. The average molecular weight is 308 g/mol. The van der Waals surface area contributed by atoms with Crippen LogP contribution in [0.1, 0.15) is 32.3 Å². The van der Waals surface area contributed by atoms with Gasteiger partial charge < -0.3 is 5.32 Å². The van der Waals surface area contributed by atoms with E-state index in [1.54, 1.807) is 6.26 Å². The van der Waals surface area contributed by atoms with Crippen molar-refractivity contribution in [3.8, 4) is 0 Å². The summed E-state index contributed by atoms with van der Waals surface area (Å²) in [6.45, 7) is 7.63. The van der Waals surface area contributed by atoms with Gasteiger partial charge in [-0.1, -0.05) is 37.3 Å². The number of rotatable bonds is 6. The highest BCUT2D eigenvalue weighted by molar-refractivity contribution is 7.84. The van der Waals surface area contributed by atoms with Gasteiger partial charge in [0.2, 0.25) is 0 Å². The Hall–Kier alpha value is -0.710. The summed E-state index contributed by atoms with van der Waals surface area (Å²) >= 11 is 0. The minimum absolute atomic E-state index is 0.0122. The molecule has 3 unspecified atom stereocenters. The SMILES string of the molecule is CCC1CNC(C)(c2ccccc2)CN1CCCS(C)=O. The molecule has 4 heteroatoms. The highest BCUT2D eigenvalue weighted by Gasteiger charge is 2.35. The molecule has 1 aliphatic rings. The molecule has 118 valence electrons. The Balaban J connectivity index is 2.05. The van der Waals surface area contributed by atoms with E-state index in [0.29, 0.717) is 6.04 Å². The van der Waals surface area contributed by atoms with Gasteiger partial charge in [0.25, 0.3) is 0 Å². The van der Waals surface area contributed by atoms with E-state index in [9.17, 15) is 4.21 Å². The predicted molar refractivity (Wildman–Crippen MR) is 91.0 cm³/mol. The van der Waals surface area contributed by atoms with Gasteiger partial charge in [-0.25, -0.2) is 0 Å². The van der Waals surface area contributed by atoms with E-state index in [1.807, 2.05) is 0 Å². The van der Waals surface area contributed by atoms with Crippen LogP contribution in [-0.2, 0) is 16.3 Å². The van der Waals surface area contributed by atoms with Gasteiger partial charge in [-0.05, 0) is 31.9 Å². The second-order valence-electron chi connectivity index (χ2n) is 6.24. The number of hydrogen-bond acceptors (Lipinski definition) is 3. The fourth-order valence-electron chi connectivity index (χ4n) is 3.20. The summed E-state index contributed by atoms with van der Waals surface area (Å²) in [4.78, 5) is 2.58. The topological polar surface area (TPSA) is 32.3 Å². The second-order valence-corrected chi connectivity index (χ2v) is 7.80. The fraction of sp³-hybridized carbons (Fsp3) is 0.647. The van der Waals surface area contributed by atoms with Crippen LogP contribution in [0.25, 0.3) is 0 Å². The zero-order valence-electron chi connectivity index (χ0n) is 13.5. The van der Waals surface area contributed by atoms with Crippen LogP contribution in [0.5, 0.6) is 0 Å². The van der Waals surface area contributed by atoms with Crippen molar-refractivity contribution in [2.75, 3.05) is 31.6 Å². The van der Waals surface area contributed by atoms with Crippen LogP contribution in [0, 0.1) is 0 Å². The van der Waals surface area contributed by atoms with E-state index >= 15 is 0 Å². The first kappa shape index (κ1) is 16.7. The lowest BCUT2D eigenvalue weighted by Gasteiger charge is -2.46. The molecule has 0 aromatic heterocycles. The largest absolute Gasteiger partial charge is 0.305 e. The molecule has 21 heavy (non-hydrogen) atoms. The molecule has 0 spiro atoms. The van der Waals surface area contributed by atoms with E-state index in [1.165, 1.54) is 5.56 Å². The molecule has 3 atom stereocenters. The first-order valence-electron chi connectivity index (χ1n) is 7.90. The average Bonchev–Trinajstić information content (AvgIpc) is 2.48. The van der Waals surface area contributed by atoms with E-state index in [2.05, 4.69) is 54.4 Å². The van der Waals surface area contributed by atoms with Crippen molar-refractivity contribution < 1.29 is 4.21 Å². The van der Waals surface area contributed by atoms with Gasteiger partial charge in [0, 0.05) is 41.9 Å². The lowest BCUT2D eigenvalue weighted by Crippen LogP contribution is -2.61. The minimum Gasteiger partial charge on any atom is -0.305 e. The summed E-state index contributed by atoms with van der Waals surface area (Å²) in [6.07, 6.45) is 3.97.